The van der Waals surface area contributed by atoms with E-state index in [2.05, 4.69) is 0 Å². The van der Waals surface area contributed by atoms with E-state index >= 15 is 0 Å². The first-order valence-corrected chi connectivity index (χ1v) is 7.35. The Labute approximate surface area is 133 Å². The van der Waals surface area contributed by atoms with Crippen molar-refractivity contribution in [2.75, 3.05) is 13.1 Å². The molecule has 1 fully saturated rings. The lowest BCUT2D eigenvalue weighted by Gasteiger charge is -2.13. The molecule has 1 heterocycles. The molecule has 21 heavy (non-hydrogen) atoms. The minimum atomic E-state index is -0.824. The summed E-state index contributed by atoms with van der Waals surface area (Å²) in [5, 5.41) is 9.83. The van der Waals surface area contributed by atoms with Gasteiger partial charge in [-0.05, 0) is 42.2 Å². The second kappa shape index (κ2) is 6.96. The van der Waals surface area contributed by atoms with E-state index in [1.165, 1.54) is 6.08 Å². The Balaban J connectivity index is 1.97. The number of carbonyl (C=O) groups is 2. The Bertz CT molecular complexity index is 586. The molecule has 0 aromatic heterocycles. The lowest BCUT2D eigenvalue weighted by molar-refractivity contribution is -0.138. The summed E-state index contributed by atoms with van der Waals surface area (Å²) >= 11 is 11.9. The molecular formula is C15H15Cl2NO3. The maximum absolute atomic E-state index is 12.1. The zero-order valence-corrected chi connectivity index (χ0v) is 12.8. The van der Waals surface area contributed by atoms with Crippen molar-refractivity contribution in [1.29, 1.82) is 0 Å². The van der Waals surface area contributed by atoms with Crippen LogP contribution < -0.4 is 0 Å². The van der Waals surface area contributed by atoms with Crippen LogP contribution in [0.2, 0.25) is 10.0 Å². The molecule has 1 amide bonds. The van der Waals surface area contributed by atoms with Gasteiger partial charge in [0.2, 0.25) is 5.91 Å². The van der Waals surface area contributed by atoms with Gasteiger partial charge >= 0.3 is 5.97 Å². The number of carboxylic acids is 1. The van der Waals surface area contributed by atoms with Gasteiger partial charge < -0.3 is 10.0 Å². The summed E-state index contributed by atoms with van der Waals surface area (Å²) in [4.78, 5) is 24.4. The SMILES string of the molecule is O=C(O)CC1CCN(C(=O)C=Cc2cc(Cl)ccc2Cl)C1. The standard InChI is InChI=1S/C15H15Cl2NO3/c16-12-2-3-13(17)11(8-12)1-4-14(19)18-6-5-10(9-18)7-15(20)21/h1-4,8,10H,5-7,9H2,(H,20,21). The molecule has 6 heteroatoms. The van der Waals surface area contributed by atoms with Gasteiger partial charge in [0.1, 0.15) is 0 Å². The summed E-state index contributed by atoms with van der Waals surface area (Å²) in [6, 6.07) is 5.04. The molecular weight excluding hydrogens is 313 g/mol. The van der Waals surface area contributed by atoms with Gasteiger partial charge in [-0.2, -0.15) is 0 Å². The molecule has 0 saturated carbocycles. The Morgan fingerprint density at radius 1 is 1.38 bits per heavy atom. The van der Waals surface area contributed by atoms with Gasteiger partial charge in [-0.3, -0.25) is 9.59 Å². The van der Waals surface area contributed by atoms with Gasteiger partial charge in [0.25, 0.3) is 0 Å². The fourth-order valence-electron chi connectivity index (χ4n) is 2.36. The third kappa shape index (κ3) is 4.48. The smallest absolute Gasteiger partial charge is 0.303 e. The summed E-state index contributed by atoms with van der Waals surface area (Å²) in [7, 11) is 0. The molecule has 0 spiro atoms. The third-order valence-corrected chi connectivity index (χ3v) is 4.00. The zero-order chi connectivity index (χ0) is 15.4. The van der Waals surface area contributed by atoms with Crippen molar-refractivity contribution in [3.63, 3.8) is 0 Å². The molecule has 0 bridgehead atoms. The van der Waals surface area contributed by atoms with Crippen LogP contribution in [0.1, 0.15) is 18.4 Å². The lowest BCUT2D eigenvalue weighted by atomic mass is 10.1. The van der Waals surface area contributed by atoms with Crippen molar-refractivity contribution < 1.29 is 14.7 Å². The van der Waals surface area contributed by atoms with Gasteiger partial charge in [0.15, 0.2) is 0 Å². The Hall–Kier alpha value is -1.52. The van der Waals surface area contributed by atoms with Crippen LogP contribution in [0.25, 0.3) is 6.08 Å². The molecule has 1 saturated heterocycles. The van der Waals surface area contributed by atoms with Crippen LogP contribution in [0.4, 0.5) is 0 Å². The molecule has 1 aromatic carbocycles. The second-order valence-corrected chi connectivity index (χ2v) is 5.88. The summed E-state index contributed by atoms with van der Waals surface area (Å²) in [5.41, 5.74) is 0.679. The molecule has 1 aromatic rings. The van der Waals surface area contributed by atoms with E-state index in [-0.39, 0.29) is 18.2 Å². The van der Waals surface area contributed by atoms with Gasteiger partial charge in [0, 0.05) is 35.6 Å². The van der Waals surface area contributed by atoms with E-state index in [0.29, 0.717) is 28.7 Å². The Kier molecular flexibility index (Phi) is 5.26. The highest BCUT2D eigenvalue weighted by Gasteiger charge is 2.26. The molecule has 1 unspecified atom stereocenters. The molecule has 1 atom stereocenters. The Morgan fingerprint density at radius 2 is 2.14 bits per heavy atom. The van der Waals surface area contributed by atoms with E-state index in [1.54, 1.807) is 29.2 Å². The number of likely N-dealkylation sites (tertiary alicyclic amines) is 1. The van der Waals surface area contributed by atoms with E-state index < -0.39 is 5.97 Å². The minimum Gasteiger partial charge on any atom is -0.481 e. The van der Waals surface area contributed by atoms with Crippen LogP contribution in [0.3, 0.4) is 0 Å². The average molecular weight is 328 g/mol. The Morgan fingerprint density at radius 3 is 2.86 bits per heavy atom. The van der Waals surface area contributed by atoms with Crippen molar-refractivity contribution >= 4 is 41.2 Å². The molecule has 1 aliphatic rings. The monoisotopic (exact) mass is 327 g/mol. The number of nitrogens with zero attached hydrogens (tertiary/aromatic N) is 1. The molecule has 2 rings (SSSR count). The minimum absolute atomic E-state index is 0.0367. The molecule has 0 aliphatic carbocycles. The molecule has 112 valence electrons. The number of halogens is 2. The number of carboxylic acid groups (broad SMARTS) is 1. The zero-order valence-electron chi connectivity index (χ0n) is 11.3. The van der Waals surface area contributed by atoms with Crippen LogP contribution in [-0.2, 0) is 9.59 Å². The van der Waals surface area contributed by atoms with Crippen molar-refractivity contribution in [3.8, 4) is 0 Å². The van der Waals surface area contributed by atoms with Crippen LogP contribution in [-0.4, -0.2) is 35.0 Å². The van der Waals surface area contributed by atoms with Gasteiger partial charge in [-0.15, -0.1) is 0 Å². The quantitative estimate of drug-likeness (QED) is 0.863. The largest absolute Gasteiger partial charge is 0.481 e. The number of benzene rings is 1. The summed E-state index contributed by atoms with van der Waals surface area (Å²) in [5.74, 6) is -0.927. The summed E-state index contributed by atoms with van der Waals surface area (Å²) in [6.45, 7) is 1.07. The van der Waals surface area contributed by atoms with Crippen molar-refractivity contribution in [1.82, 2.24) is 4.90 Å². The lowest BCUT2D eigenvalue weighted by Crippen LogP contribution is -2.27. The average Bonchev–Trinajstić information content (AvgIpc) is 2.87. The number of rotatable bonds is 4. The van der Waals surface area contributed by atoms with Crippen LogP contribution in [0, 0.1) is 5.92 Å². The first-order chi connectivity index (χ1) is 9.95. The van der Waals surface area contributed by atoms with Gasteiger partial charge in [-0.1, -0.05) is 23.2 Å². The first kappa shape index (κ1) is 15.9. The van der Waals surface area contributed by atoms with Crippen molar-refractivity contribution in [3.05, 3.63) is 39.9 Å². The highest BCUT2D eigenvalue weighted by Crippen LogP contribution is 2.23. The number of aliphatic carboxylic acids is 1. The molecule has 1 N–H and O–H groups in total. The highest BCUT2D eigenvalue weighted by atomic mass is 35.5. The van der Waals surface area contributed by atoms with Gasteiger partial charge in [0.05, 0.1) is 0 Å². The summed E-state index contributed by atoms with van der Waals surface area (Å²) < 4.78 is 0. The van der Waals surface area contributed by atoms with Crippen LogP contribution in [0.5, 0.6) is 0 Å². The van der Waals surface area contributed by atoms with E-state index in [9.17, 15) is 9.59 Å². The van der Waals surface area contributed by atoms with E-state index in [1.807, 2.05) is 0 Å². The van der Waals surface area contributed by atoms with Crippen molar-refractivity contribution in [2.45, 2.75) is 12.8 Å². The first-order valence-electron chi connectivity index (χ1n) is 6.59. The maximum Gasteiger partial charge on any atom is 0.303 e. The number of carbonyl (C=O) groups excluding carboxylic acids is 1. The van der Waals surface area contributed by atoms with Gasteiger partial charge in [-0.25, -0.2) is 0 Å². The fourth-order valence-corrected chi connectivity index (χ4v) is 2.72. The predicted octanol–water partition coefficient (Wildman–Crippen LogP) is 3.33. The highest BCUT2D eigenvalue weighted by molar-refractivity contribution is 6.34. The van der Waals surface area contributed by atoms with Crippen LogP contribution in [0.15, 0.2) is 24.3 Å². The number of hydrogen-bond donors (Lipinski definition) is 1. The molecule has 1 aliphatic heterocycles. The molecule has 4 nitrogen and oxygen atoms in total. The third-order valence-electron chi connectivity index (χ3n) is 3.42. The number of amides is 1. The fraction of sp³-hybridized carbons (Fsp3) is 0.333. The van der Waals surface area contributed by atoms with Crippen LogP contribution >= 0.6 is 23.2 Å². The number of hydrogen-bond acceptors (Lipinski definition) is 2. The summed E-state index contributed by atoms with van der Waals surface area (Å²) in [6.07, 6.45) is 3.90. The predicted molar refractivity (Wildman–Crippen MR) is 82.4 cm³/mol. The second-order valence-electron chi connectivity index (χ2n) is 5.04. The molecule has 0 radical (unpaired) electrons. The van der Waals surface area contributed by atoms with E-state index in [0.717, 1.165) is 6.42 Å². The topological polar surface area (TPSA) is 57.6 Å². The normalized spacial score (nSPS) is 18.4. The maximum atomic E-state index is 12.1. The van der Waals surface area contributed by atoms with Crippen molar-refractivity contribution in [2.24, 2.45) is 5.92 Å². The van der Waals surface area contributed by atoms with E-state index in [4.69, 9.17) is 28.3 Å².